The molecule has 4 nitrogen and oxygen atoms in total. The van der Waals surface area contributed by atoms with Gasteiger partial charge >= 0.3 is 0 Å². The van der Waals surface area contributed by atoms with Crippen LogP contribution in [-0.4, -0.2) is 17.1 Å². The fourth-order valence-electron chi connectivity index (χ4n) is 2.38. The van der Waals surface area contributed by atoms with Crippen LogP contribution in [0.3, 0.4) is 0 Å². The number of benzene rings is 2. The molecular weight excluding hydrogens is 450 g/mol. The molecule has 0 aliphatic rings. The molecule has 1 aromatic heterocycles. The zero-order valence-electron chi connectivity index (χ0n) is 13.7. The van der Waals surface area contributed by atoms with Gasteiger partial charge in [-0.2, -0.15) is 4.99 Å². The maximum Gasteiger partial charge on any atom is 0.286 e. The van der Waals surface area contributed by atoms with Crippen molar-refractivity contribution in [1.29, 1.82) is 0 Å². The zero-order valence-corrected chi connectivity index (χ0v) is 17.6. The Morgan fingerprint density at radius 1 is 1.15 bits per heavy atom. The second kappa shape index (κ2) is 8.67. The van der Waals surface area contributed by atoms with Crippen LogP contribution in [0.4, 0.5) is 0 Å². The highest BCUT2D eigenvalue weighted by Gasteiger charge is 2.12. The average molecular weight is 462 g/mol. The average Bonchev–Trinajstić information content (AvgIpc) is 2.91. The lowest BCUT2D eigenvalue weighted by atomic mass is 10.3. The Morgan fingerprint density at radius 3 is 2.59 bits per heavy atom. The molecule has 0 aliphatic carbocycles. The number of rotatable bonds is 5. The lowest BCUT2D eigenvalue weighted by Gasteiger charge is -2.06. The molecule has 0 atom stereocenters. The van der Waals surface area contributed by atoms with Crippen molar-refractivity contribution in [2.75, 3.05) is 6.61 Å². The van der Waals surface area contributed by atoms with Gasteiger partial charge in [-0.25, -0.2) is 0 Å². The second-order valence-corrected chi connectivity index (χ2v) is 8.08. The van der Waals surface area contributed by atoms with E-state index in [4.69, 9.17) is 51.1 Å². The summed E-state index contributed by atoms with van der Waals surface area (Å²) in [5.41, 5.74) is 0.749. The molecule has 3 rings (SSSR count). The molecule has 1 amide bonds. The largest absolute Gasteiger partial charge is 0.482 e. The number of amides is 1. The van der Waals surface area contributed by atoms with Gasteiger partial charge in [-0.1, -0.05) is 63.8 Å². The Bertz CT molecular complexity index is 1100. The van der Waals surface area contributed by atoms with E-state index < -0.39 is 5.91 Å². The van der Waals surface area contributed by atoms with Gasteiger partial charge in [-0.15, -0.1) is 6.58 Å². The molecule has 0 aliphatic heterocycles. The van der Waals surface area contributed by atoms with E-state index in [1.165, 1.54) is 17.4 Å². The molecule has 3 aromatic rings. The van der Waals surface area contributed by atoms with Crippen molar-refractivity contribution in [2.45, 2.75) is 6.54 Å². The molecule has 0 unspecified atom stereocenters. The topological polar surface area (TPSA) is 43.6 Å². The molecule has 0 radical (unpaired) electrons. The Labute approximate surface area is 179 Å². The van der Waals surface area contributed by atoms with Crippen LogP contribution < -0.4 is 9.54 Å². The van der Waals surface area contributed by atoms with E-state index in [9.17, 15) is 4.79 Å². The number of allylic oxidation sites excluding steroid dienone is 1. The smallest absolute Gasteiger partial charge is 0.286 e. The summed E-state index contributed by atoms with van der Waals surface area (Å²) in [6.07, 6.45) is 1.70. The number of carbonyl (C=O) groups is 1. The Hall–Kier alpha value is -1.50. The van der Waals surface area contributed by atoms with Gasteiger partial charge < -0.3 is 9.30 Å². The van der Waals surface area contributed by atoms with Gasteiger partial charge in [-0.05, 0) is 30.3 Å². The van der Waals surface area contributed by atoms with Gasteiger partial charge in [0.25, 0.3) is 5.91 Å². The molecule has 1 heterocycles. The standard InChI is InChI=1S/C18H12Cl4N2O2S/c1-2-5-24-17-13(22)7-11(20)8-15(17)27-18(24)23-16(25)9-26-14-4-3-10(19)6-12(14)21/h2-4,6-8H,1,5,9H2. The highest BCUT2D eigenvalue weighted by atomic mass is 35.5. The first-order valence-electron chi connectivity index (χ1n) is 7.63. The normalized spacial score (nSPS) is 11.8. The van der Waals surface area contributed by atoms with Crippen molar-refractivity contribution in [2.24, 2.45) is 4.99 Å². The van der Waals surface area contributed by atoms with E-state index in [2.05, 4.69) is 11.6 Å². The first kappa shape index (κ1) is 20.2. The molecule has 140 valence electrons. The van der Waals surface area contributed by atoms with E-state index in [1.807, 2.05) is 0 Å². The van der Waals surface area contributed by atoms with Crippen LogP contribution in [0, 0.1) is 0 Å². The van der Waals surface area contributed by atoms with Crippen LogP contribution in [0.1, 0.15) is 0 Å². The second-order valence-electron chi connectivity index (χ2n) is 5.39. The van der Waals surface area contributed by atoms with E-state index >= 15 is 0 Å². The molecule has 2 aromatic carbocycles. The molecule has 0 bridgehead atoms. The molecule has 0 saturated heterocycles. The van der Waals surface area contributed by atoms with Gasteiger partial charge in [0.15, 0.2) is 11.4 Å². The van der Waals surface area contributed by atoms with E-state index in [-0.39, 0.29) is 6.61 Å². The highest BCUT2D eigenvalue weighted by Crippen LogP contribution is 2.30. The third-order valence-electron chi connectivity index (χ3n) is 3.47. The number of aromatic nitrogens is 1. The van der Waals surface area contributed by atoms with Crippen LogP contribution in [0.25, 0.3) is 10.2 Å². The predicted molar refractivity (Wildman–Crippen MR) is 113 cm³/mol. The summed E-state index contributed by atoms with van der Waals surface area (Å²) < 4.78 is 8.06. The number of ether oxygens (including phenoxy) is 1. The summed E-state index contributed by atoms with van der Waals surface area (Å²) in [5, 5.41) is 1.79. The number of fused-ring (bicyclic) bond motifs is 1. The van der Waals surface area contributed by atoms with Crippen LogP contribution in [0.2, 0.25) is 20.1 Å². The molecule has 0 spiro atoms. The van der Waals surface area contributed by atoms with Crippen molar-refractivity contribution in [3.8, 4) is 5.75 Å². The number of thiazole rings is 1. The van der Waals surface area contributed by atoms with Crippen molar-refractivity contribution < 1.29 is 9.53 Å². The van der Waals surface area contributed by atoms with Crippen molar-refractivity contribution >= 4 is 73.9 Å². The van der Waals surface area contributed by atoms with Gasteiger partial charge in [-0.3, -0.25) is 4.79 Å². The first-order valence-corrected chi connectivity index (χ1v) is 9.96. The minimum Gasteiger partial charge on any atom is -0.482 e. The van der Waals surface area contributed by atoms with E-state index in [0.29, 0.717) is 37.2 Å². The molecule has 0 N–H and O–H groups in total. The van der Waals surface area contributed by atoms with Crippen molar-refractivity contribution in [1.82, 2.24) is 4.57 Å². The van der Waals surface area contributed by atoms with Crippen LogP contribution in [0.5, 0.6) is 5.75 Å². The highest BCUT2D eigenvalue weighted by molar-refractivity contribution is 7.16. The van der Waals surface area contributed by atoms with Gasteiger partial charge in [0.1, 0.15) is 5.75 Å². The maximum atomic E-state index is 12.3. The summed E-state index contributed by atoms with van der Waals surface area (Å²) in [6, 6.07) is 8.18. The van der Waals surface area contributed by atoms with E-state index in [0.717, 1.165) is 10.2 Å². The summed E-state index contributed by atoms with van der Waals surface area (Å²) in [5.74, 6) is -0.109. The third kappa shape index (κ3) is 4.68. The fraction of sp³-hybridized carbons (Fsp3) is 0.111. The quantitative estimate of drug-likeness (QED) is 0.436. The number of carbonyl (C=O) groups excluding carboxylic acids is 1. The summed E-state index contributed by atoms with van der Waals surface area (Å²) >= 11 is 25.6. The molecule has 27 heavy (non-hydrogen) atoms. The molecular formula is C18H12Cl4N2O2S. The number of hydrogen-bond acceptors (Lipinski definition) is 3. The SMILES string of the molecule is C=CCn1c(=NC(=O)COc2ccc(Cl)cc2Cl)sc2cc(Cl)cc(Cl)c21. The fourth-order valence-corrected chi connectivity index (χ4v) is 4.69. The Balaban J connectivity index is 1.92. The molecule has 0 fully saturated rings. The predicted octanol–water partition coefficient (Wildman–Crippen LogP) is 6.01. The maximum absolute atomic E-state index is 12.3. The van der Waals surface area contributed by atoms with Crippen LogP contribution in [0.15, 0.2) is 48.0 Å². The Kier molecular flexibility index (Phi) is 6.50. The van der Waals surface area contributed by atoms with Crippen molar-refractivity contribution in [3.63, 3.8) is 0 Å². The first-order chi connectivity index (χ1) is 12.9. The molecule has 0 saturated carbocycles. The number of halogens is 4. The van der Waals surface area contributed by atoms with Gasteiger partial charge in [0, 0.05) is 16.6 Å². The van der Waals surface area contributed by atoms with Crippen LogP contribution in [-0.2, 0) is 11.3 Å². The zero-order chi connectivity index (χ0) is 19.6. The monoisotopic (exact) mass is 460 g/mol. The minimum absolute atomic E-state index is 0.266. The molecule has 9 heteroatoms. The minimum atomic E-state index is -0.465. The third-order valence-corrected chi connectivity index (χ3v) is 5.53. The summed E-state index contributed by atoms with van der Waals surface area (Å²) in [4.78, 5) is 16.9. The Morgan fingerprint density at radius 2 is 1.89 bits per heavy atom. The van der Waals surface area contributed by atoms with Crippen molar-refractivity contribution in [3.05, 3.63) is 67.9 Å². The van der Waals surface area contributed by atoms with Gasteiger partial charge in [0.05, 0.1) is 20.3 Å². The lowest BCUT2D eigenvalue weighted by Crippen LogP contribution is -2.19. The van der Waals surface area contributed by atoms with Gasteiger partial charge in [0.2, 0.25) is 0 Å². The number of hydrogen-bond donors (Lipinski definition) is 0. The van der Waals surface area contributed by atoms with Crippen LogP contribution >= 0.6 is 57.7 Å². The summed E-state index contributed by atoms with van der Waals surface area (Å²) in [6.45, 7) is 3.92. The lowest BCUT2D eigenvalue weighted by molar-refractivity contribution is -0.120. The number of nitrogens with zero attached hydrogens (tertiary/aromatic N) is 2. The van der Waals surface area contributed by atoms with E-state index in [1.54, 1.807) is 34.9 Å². The summed E-state index contributed by atoms with van der Waals surface area (Å²) in [7, 11) is 0.